The summed E-state index contributed by atoms with van der Waals surface area (Å²) >= 11 is 1.97. The molecule has 1 aromatic heterocycles. The number of morpholine rings is 1. The molecule has 3 aliphatic heterocycles. The van der Waals surface area contributed by atoms with Crippen LogP contribution < -0.4 is 14.7 Å². The lowest BCUT2D eigenvalue weighted by atomic mass is 9.83. The summed E-state index contributed by atoms with van der Waals surface area (Å²) in [5, 5.41) is -0.580. The zero-order valence-electron chi connectivity index (χ0n) is 24.6. The van der Waals surface area contributed by atoms with Gasteiger partial charge in [-0.1, -0.05) is 41.3 Å². The van der Waals surface area contributed by atoms with Crippen molar-refractivity contribution in [3.05, 3.63) is 74.2 Å². The van der Waals surface area contributed by atoms with Crippen molar-refractivity contribution >= 4 is 52.2 Å². The highest BCUT2D eigenvalue weighted by Crippen LogP contribution is 2.54. The molecular formula is C31H31F3N4O5S2. The normalized spacial score (nSPS) is 21.6. The van der Waals surface area contributed by atoms with Gasteiger partial charge in [0.1, 0.15) is 11.8 Å². The van der Waals surface area contributed by atoms with Crippen molar-refractivity contribution in [2.24, 2.45) is 5.92 Å². The van der Waals surface area contributed by atoms with Crippen LogP contribution in [0.1, 0.15) is 35.8 Å². The van der Waals surface area contributed by atoms with Gasteiger partial charge in [0.15, 0.2) is 0 Å². The van der Waals surface area contributed by atoms with E-state index in [0.29, 0.717) is 41.8 Å². The third kappa shape index (κ3) is 5.67. The number of carbonyl (C=O) groups excluding carboxylic acids is 3. The Kier molecular flexibility index (Phi) is 8.57. The SMILES string of the molecule is CCN(CC)c1ccc([C@@H]2c3sc(=O)n(CC(=O)N4CCOCC4)c3S[C@H]3C(=O)N(c4cccc(C(F)(F)F)c4)C(=O)[C@@H]23)cc1. The molecule has 4 heterocycles. The molecule has 3 atom stereocenters. The number of imide groups is 1. The number of fused-ring (bicyclic) bond motifs is 2. The van der Waals surface area contributed by atoms with Crippen LogP contribution in [0.25, 0.3) is 0 Å². The van der Waals surface area contributed by atoms with E-state index in [4.69, 9.17) is 4.74 Å². The number of ether oxygens (including phenoxy) is 1. The number of halogens is 3. The molecule has 6 rings (SSSR count). The number of hydrogen-bond acceptors (Lipinski definition) is 8. The minimum Gasteiger partial charge on any atom is -0.378 e. The number of alkyl halides is 3. The van der Waals surface area contributed by atoms with Crippen molar-refractivity contribution < 1.29 is 32.3 Å². The summed E-state index contributed by atoms with van der Waals surface area (Å²) in [5.74, 6) is -3.23. The summed E-state index contributed by atoms with van der Waals surface area (Å²) in [4.78, 5) is 59.4. The van der Waals surface area contributed by atoms with Crippen LogP contribution >= 0.6 is 23.1 Å². The average molecular weight is 661 g/mol. The van der Waals surface area contributed by atoms with Gasteiger partial charge < -0.3 is 14.5 Å². The summed E-state index contributed by atoms with van der Waals surface area (Å²) in [5.41, 5.74) is 0.532. The van der Waals surface area contributed by atoms with Crippen molar-refractivity contribution in [1.82, 2.24) is 9.47 Å². The van der Waals surface area contributed by atoms with E-state index in [1.807, 2.05) is 38.1 Å². The zero-order valence-corrected chi connectivity index (χ0v) is 26.2. The van der Waals surface area contributed by atoms with Crippen LogP contribution in [0, 0.1) is 5.92 Å². The summed E-state index contributed by atoms with van der Waals surface area (Å²) in [6, 6.07) is 11.8. The third-order valence-electron chi connectivity index (χ3n) is 8.52. The molecule has 2 aromatic carbocycles. The van der Waals surface area contributed by atoms with Crippen molar-refractivity contribution in [1.29, 1.82) is 0 Å². The summed E-state index contributed by atoms with van der Waals surface area (Å²) in [7, 11) is 0. The number of rotatable bonds is 7. The standard InChI is InChI=1S/C31H31F3N4O5S2/c1-3-35(4-2)20-10-8-18(9-11-20)23-24-25(28(41)38(27(24)40)21-7-5-6-19(16-21)31(32,33)34)44-29-26(23)45-30(42)37(29)17-22(39)36-12-14-43-15-13-36/h5-11,16,23-25H,3-4,12-15,17H2,1-2H3/t23-,24-,25+/m0/s1. The number of hydrogen-bond donors (Lipinski definition) is 0. The Morgan fingerprint density at radius 1 is 1.00 bits per heavy atom. The van der Waals surface area contributed by atoms with Crippen LogP contribution in [-0.2, 0) is 31.8 Å². The number of nitrogens with zero attached hydrogens (tertiary/aromatic N) is 4. The fourth-order valence-electron chi connectivity index (χ4n) is 6.22. The Bertz CT molecular complexity index is 1680. The van der Waals surface area contributed by atoms with Crippen molar-refractivity contribution in [3.8, 4) is 0 Å². The van der Waals surface area contributed by atoms with Crippen LogP contribution in [0.5, 0.6) is 0 Å². The second kappa shape index (κ2) is 12.3. The highest BCUT2D eigenvalue weighted by atomic mass is 32.2. The van der Waals surface area contributed by atoms with Gasteiger partial charge in [-0.3, -0.25) is 23.7 Å². The molecule has 0 unspecified atom stereocenters. The van der Waals surface area contributed by atoms with Gasteiger partial charge in [-0.05, 0) is 49.7 Å². The molecule has 3 aliphatic rings. The van der Waals surface area contributed by atoms with Gasteiger partial charge in [-0.2, -0.15) is 13.2 Å². The predicted molar refractivity (Wildman–Crippen MR) is 165 cm³/mol. The van der Waals surface area contributed by atoms with Gasteiger partial charge >= 0.3 is 11.0 Å². The Balaban J connectivity index is 1.43. The van der Waals surface area contributed by atoms with Crippen LogP contribution in [0.3, 0.4) is 0 Å². The molecule has 0 N–H and O–H groups in total. The molecule has 0 saturated carbocycles. The lowest BCUT2D eigenvalue weighted by Crippen LogP contribution is -2.43. The Morgan fingerprint density at radius 2 is 1.69 bits per heavy atom. The second-order valence-corrected chi connectivity index (χ2v) is 13.1. The van der Waals surface area contributed by atoms with E-state index in [0.717, 1.165) is 58.9 Å². The first kappa shape index (κ1) is 31.4. The maximum absolute atomic E-state index is 14.1. The fraction of sp³-hybridized carbons (Fsp3) is 0.419. The average Bonchev–Trinajstić information content (AvgIpc) is 3.48. The summed E-state index contributed by atoms with van der Waals surface area (Å²) in [6.07, 6.45) is -4.66. The maximum Gasteiger partial charge on any atom is 0.416 e. The third-order valence-corrected chi connectivity index (χ3v) is 11.1. The van der Waals surface area contributed by atoms with E-state index in [1.165, 1.54) is 16.7 Å². The van der Waals surface area contributed by atoms with Crippen molar-refractivity contribution in [3.63, 3.8) is 0 Å². The van der Waals surface area contributed by atoms with Crippen molar-refractivity contribution in [2.75, 3.05) is 49.2 Å². The molecule has 45 heavy (non-hydrogen) atoms. The van der Waals surface area contributed by atoms with Gasteiger partial charge in [0.25, 0.3) is 0 Å². The molecule has 2 fully saturated rings. The van der Waals surface area contributed by atoms with Gasteiger partial charge in [0, 0.05) is 42.7 Å². The zero-order chi connectivity index (χ0) is 32.0. The Morgan fingerprint density at radius 3 is 2.33 bits per heavy atom. The molecule has 238 valence electrons. The monoisotopic (exact) mass is 660 g/mol. The molecule has 0 radical (unpaired) electrons. The second-order valence-electron chi connectivity index (χ2n) is 11.0. The quantitative estimate of drug-likeness (QED) is 0.347. The predicted octanol–water partition coefficient (Wildman–Crippen LogP) is 4.43. The van der Waals surface area contributed by atoms with Gasteiger partial charge in [-0.25, -0.2) is 4.90 Å². The first-order valence-corrected chi connectivity index (χ1v) is 16.4. The molecule has 0 aliphatic carbocycles. The van der Waals surface area contributed by atoms with E-state index in [1.54, 1.807) is 4.90 Å². The highest BCUT2D eigenvalue weighted by molar-refractivity contribution is 8.00. The Hall–Kier alpha value is -3.62. The lowest BCUT2D eigenvalue weighted by Gasteiger charge is -2.31. The number of amides is 3. The number of anilines is 2. The van der Waals surface area contributed by atoms with E-state index in [9.17, 15) is 32.3 Å². The molecule has 2 saturated heterocycles. The van der Waals surface area contributed by atoms with E-state index >= 15 is 0 Å². The van der Waals surface area contributed by atoms with Crippen LogP contribution in [0.15, 0.2) is 58.4 Å². The number of aromatic nitrogens is 1. The van der Waals surface area contributed by atoms with Gasteiger partial charge in [0.2, 0.25) is 17.7 Å². The minimum absolute atomic E-state index is 0.159. The van der Waals surface area contributed by atoms with Crippen LogP contribution in [0.4, 0.5) is 24.5 Å². The van der Waals surface area contributed by atoms with E-state index < -0.39 is 40.6 Å². The molecule has 9 nitrogen and oxygen atoms in total. The van der Waals surface area contributed by atoms with Crippen LogP contribution in [-0.4, -0.2) is 71.8 Å². The maximum atomic E-state index is 14.1. The van der Waals surface area contributed by atoms with Crippen molar-refractivity contribution in [2.45, 2.75) is 42.8 Å². The Labute approximate surface area is 265 Å². The van der Waals surface area contributed by atoms with E-state index in [2.05, 4.69) is 4.90 Å². The van der Waals surface area contributed by atoms with Gasteiger partial charge in [-0.15, -0.1) is 0 Å². The number of benzene rings is 2. The molecule has 0 spiro atoms. The molecule has 14 heteroatoms. The largest absolute Gasteiger partial charge is 0.416 e. The smallest absolute Gasteiger partial charge is 0.378 e. The molecule has 3 aromatic rings. The minimum atomic E-state index is -4.66. The molecule has 3 amide bonds. The number of thiazole rings is 1. The first-order chi connectivity index (χ1) is 21.5. The molecule has 0 bridgehead atoms. The van der Waals surface area contributed by atoms with E-state index in [-0.39, 0.29) is 23.0 Å². The topological polar surface area (TPSA) is 92.2 Å². The fourth-order valence-corrected chi connectivity index (χ4v) is 8.99. The summed E-state index contributed by atoms with van der Waals surface area (Å²) < 4.78 is 47.4. The highest BCUT2D eigenvalue weighted by Gasteiger charge is 2.57. The number of carbonyl (C=O) groups is 3. The van der Waals surface area contributed by atoms with Crippen LogP contribution in [0.2, 0.25) is 0 Å². The lowest BCUT2D eigenvalue weighted by molar-refractivity contribution is -0.138. The summed E-state index contributed by atoms with van der Waals surface area (Å²) in [6.45, 7) is 7.00. The molecular weight excluding hydrogens is 629 g/mol. The number of thioether (sulfide) groups is 1. The first-order valence-electron chi connectivity index (χ1n) is 14.7. The van der Waals surface area contributed by atoms with Gasteiger partial charge in [0.05, 0.1) is 35.4 Å².